The van der Waals surface area contributed by atoms with E-state index in [0.29, 0.717) is 13.0 Å². The van der Waals surface area contributed by atoms with Gasteiger partial charge in [0.2, 0.25) is 11.8 Å². The molecule has 5 heteroatoms. The number of allylic oxidation sites excluding steroid dienone is 1. The van der Waals surface area contributed by atoms with E-state index in [2.05, 4.69) is 6.92 Å². The first-order valence-electron chi connectivity index (χ1n) is 6.52. The molecule has 0 spiro atoms. The summed E-state index contributed by atoms with van der Waals surface area (Å²) in [5.41, 5.74) is 0. The van der Waals surface area contributed by atoms with Gasteiger partial charge in [-0.15, -0.1) is 11.8 Å². The van der Waals surface area contributed by atoms with E-state index in [9.17, 15) is 13.6 Å². The highest BCUT2D eigenvalue weighted by Crippen LogP contribution is 2.33. The van der Waals surface area contributed by atoms with Gasteiger partial charge in [0.1, 0.15) is 0 Å². The molecule has 1 fully saturated rings. The van der Waals surface area contributed by atoms with Gasteiger partial charge in [-0.1, -0.05) is 13.0 Å². The SMILES string of the molecule is CCC1=CC(C(=O)N2CCCC(F)(F)CC2)CS1. The molecule has 18 heavy (non-hydrogen) atoms. The molecule has 0 aromatic carbocycles. The first-order valence-corrected chi connectivity index (χ1v) is 7.50. The average molecular weight is 275 g/mol. The fourth-order valence-corrected chi connectivity index (χ4v) is 3.50. The summed E-state index contributed by atoms with van der Waals surface area (Å²) in [5, 5.41) is 0. The minimum atomic E-state index is -2.59. The van der Waals surface area contributed by atoms with Crippen molar-refractivity contribution in [3.05, 3.63) is 11.0 Å². The van der Waals surface area contributed by atoms with E-state index in [1.54, 1.807) is 16.7 Å². The summed E-state index contributed by atoms with van der Waals surface area (Å²) in [4.78, 5) is 15.1. The molecule has 2 nitrogen and oxygen atoms in total. The Kier molecular flexibility index (Phi) is 4.30. The van der Waals surface area contributed by atoms with Gasteiger partial charge in [-0.25, -0.2) is 8.78 Å². The van der Waals surface area contributed by atoms with Crippen LogP contribution >= 0.6 is 11.8 Å². The zero-order valence-electron chi connectivity index (χ0n) is 10.6. The van der Waals surface area contributed by atoms with Crippen molar-refractivity contribution in [3.63, 3.8) is 0 Å². The number of rotatable bonds is 2. The lowest BCUT2D eigenvalue weighted by Gasteiger charge is -2.23. The fraction of sp³-hybridized carbons (Fsp3) is 0.769. The Labute approximate surface area is 111 Å². The van der Waals surface area contributed by atoms with Crippen molar-refractivity contribution in [2.45, 2.75) is 38.5 Å². The summed E-state index contributed by atoms with van der Waals surface area (Å²) >= 11 is 1.71. The molecular formula is C13H19F2NOS. The lowest BCUT2D eigenvalue weighted by atomic mass is 10.1. The third-order valence-electron chi connectivity index (χ3n) is 3.53. The maximum atomic E-state index is 13.2. The summed E-state index contributed by atoms with van der Waals surface area (Å²) in [6.45, 7) is 2.74. The predicted molar refractivity (Wildman–Crippen MR) is 69.7 cm³/mol. The predicted octanol–water partition coefficient (Wildman–Crippen LogP) is 3.29. The molecule has 102 valence electrons. The minimum Gasteiger partial charge on any atom is -0.342 e. The third kappa shape index (κ3) is 3.25. The quantitative estimate of drug-likeness (QED) is 0.770. The topological polar surface area (TPSA) is 20.3 Å². The number of likely N-dealkylation sites (tertiary alicyclic amines) is 1. The van der Waals surface area contributed by atoms with Crippen LogP contribution in [0.5, 0.6) is 0 Å². The Morgan fingerprint density at radius 3 is 2.94 bits per heavy atom. The Hall–Kier alpha value is -0.580. The van der Waals surface area contributed by atoms with E-state index >= 15 is 0 Å². The van der Waals surface area contributed by atoms with Crippen molar-refractivity contribution in [2.75, 3.05) is 18.8 Å². The number of amides is 1. The molecule has 1 amide bonds. The van der Waals surface area contributed by atoms with Gasteiger partial charge < -0.3 is 4.90 Å². The second-order valence-electron chi connectivity index (χ2n) is 4.94. The highest BCUT2D eigenvalue weighted by molar-refractivity contribution is 8.03. The first-order chi connectivity index (χ1) is 8.52. The molecule has 2 rings (SSSR count). The van der Waals surface area contributed by atoms with Crippen LogP contribution in [0.1, 0.15) is 32.6 Å². The number of carbonyl (C=O) groups excluding carboxylic acids is 1. The first kappa shape index (κ1) is 13.8. The maximum absolute atomic E-state index is 13.2. The van der Waals surface area contributed by atoms with Crippen molar-refractivity contribution in [1.82, 2.24) is 4.90 Å². The standard InChI is InChI=1S/C13H19F2NOS/c1-2-11-8-10(9-18-11)12(17)16-6-3-4-13(14,15)5-7-16/h8,10H,2-7,9H2,1H3. The number of carbonyl (C=O) groups is 1. The molecule has 2 aliphatic heterocycles. The molecule has 1 saturated heterocycles. The summed E-state index contributed by atoms with van der Waals surface area (Å²) in [7, 11) is 0. The maximum Gasteiger partial charge on any atom is 0.249 e. The highest BCUT2D eigenvalue weighted by Gasteiger charge is 2.35. The molecule has 2 aliphatic rings. The van der Waals surface area contributed by atoms with Gasteiger partial charge in [-0.2, -0.15) is 0 Å². The van der Waals surface area contributed by atoms with Crippen molar-refractivity contribution in [2.24, 2.45) is 5.92 Å². The lowest BCUT2D eigenvalue weighted by molar-refractivity contribution is -0.133. The van der Waals surface area contributed by atoms with Crippen molar-refractivity contribution < 1.29 is 13.6 Å². The van der Waals surface area contributed by atoms with Crippen LogP contribution in [0, 0.1) is 5.92 Å². The van der Waals surface area contributed by atoms with Crippen LogP contribution in [0.25, 0.3) is 0 Å². The van der Waals surface area contributed by atoms with Gasteiger partial charge >= 0.3 is 0 Å². The highest BCUT2D eigenvalue weighted by atomic mass is 32.2. The van der Waals surface area contributed by atoms with Crippen molar-refractivity contribution in [1.29, 1.82) is 0 Å². The zero-order valence-corrected chi connectivity index (χ0v) is 11.4. The van der Waals surface area contributed by atoms with E-state index in [4.69, 9.17) is 0 Å². The van der Waals surface area contributed by atoms with Gasteiger partial charge in [0, 0.05) is 31.7 Å². The van der Waals surface area contributed by atoms with E-state index in [1.807, 2.05) is 6.08 Å². The van der Waals surface area contributed by atoms with Gasteiger partial charge in [0.05, 0.1) is 5.92 Å². The number of alkyl halides is 2. The lowest BCUT2D eigenvalue weighted by Crippen LogP contribution is -2.37. The second-order valence-corrected chi connectivity index (χ2v) is 6.09. The molecule has 1 atom stereocenters. The van der Waals surface area contributed by atoms with Crippen molar-refractivity contribution in [3.8, 4) is 0 Å². The Balaban J connectivity index is 1.95. The molecule has 0 aliphatic carbocycles. The molecule has 2 heterocycles. The minimum absolute atomic E-state index is 0.0312. The monoisotopic (exact) mass is 275 g/mol. The normalized spacial score (nSPS) is 27.8. The van der Waals surface area contributed by atoms with Crippen LogP contribution in [-0.4, -0.2) is 35.6 Å². The van der Waals surface area contributed by atoms with Crippen LogP contribution in [0.4, 0.5) is 8.78 Å². The number of hydrogen-bond donors (Lipinski definition) is 0. The van der Waals surface area contributed by atoms with E-state index < -0.39 is 5.92 Å². The van der Waals surface area contributed by atoms with Crippen LogP contribution in [-0.2, 0) is 4.79 Å². The number of hydrogen-bond acceptors (Lipinski definition) is 2. The van der Waals surface area contributed by atoms with Gasteiger partial charge in [-0.3, -0.25) is 4.79 Å². The summed E-state index contributed by atoms with van der Waals surface area (Å²) < 4.78 is 26.5. The third-order valence-corrected chi connectivity index (χ3v) is 4.85. The zero-order chi connectivity index (χ0) is 13.2. The van der Waals surface area contributed by atoms with Crippen LogP contribution in [0.15, 0.2) is 11.0 Å². The summed E-state index contributed by atoms with van der Waals surface area (Å²) in [6.07, 6.45) is 3.08. The van der Waals surface area contributed by atoms with Gasteiger partial charge in [-0.05, 0) is 17.7 Å². The molecule has 0 saturated carbocycles. The average Bonchev–Trinajstić information content (AvgIpc) is 2.74. The van der Waals surface area contributed by atoms with E-state index in [0.717, 1.165) is 12.2 Å². The molecule has 0 N–H and O–H groups in total. The summed E-state index contributed by atoms with van der Waals surface area (Å²) in [6, 6.07) is 0. The van der Waals surface area contributed by atoms with Gasteiger partial charge in [0.25, 0.3) is 0 Å². The Morgan fingerprint density at radius 1 is 1.50 bits per heavy atom. The van der Waals surface area contributed by atoms with E-state index in [1.165, 1.54) is 4.91 Å². The fourth-order valence-electron chi connectivity index (χ4n) is 2.40. The number of halogens is 2. The molecule has 0 radical (unpaired) electrons. The van der Waals surface area contributed by atoms with Gasteiger partial charge in [0.15, 0.2) is 0 Å². The van der Waals surface area contributed by atoms with E-state index in [-0.39, 0.29) is 31.2 Å². The molecule has 0 aromatic rings. The molecule has 0 aromatic heterocycles. The Morgan fingerprint density at radius 2 is 2.28 bits per heavy atom. The van der Waals surface area contributed by atoms with Crippen LogP contribution in [0.2, 0.25) is 0 Å². The molecule has 0 bridgehead atoms. The second kappa shape index (κ2) is 5.59. The molecule has 1 unspecified atom stereocenters. The summed E-state index contributed by atoms with van der Waals surface area (Å²) in [5.74, 6) is -1.89. The van der Waals surface area contributed by atoms with Crippen LogP contribution in [0.3, 0.4) is 0 Å². The van der Waals surface area contributed by atoms with Crippen molar-refractivity contribution >= 4 is 17.7 Å². The van der Waals surface area contributed by atoms with Crippen LogP contribution < -0.4 is 0 Å². The largest absolute Gasteiger partial charge is 0.342 e. The number of nitrogens with zero attached hydrogens (tertiary/aromatic N) is 1. The Bertz CT molecular complexity index is 357. The smallest absolute Gasteiger partial charge is 0.249 e. The number of thioether (sulfide) groups is 1. The molecular weight excluding hydrogens is 256 g/mol.